The minimum Gasteiger partial charge on any atom is -0.494 e. The molecule has 2 heterocycles. The number of benzene rings is 3. The van der Waals surface area contributed by atoms with Crippen LogP contribution < -0.4 is 21.0 Å². The smallest absolute Gasteiger partial charge is 0.347 e. The van der Waals surface area contributed by atoms with Crippen LogP contribution in [-0.4, -0.2) is 49.2 Å². The molecule has 10 heteroatoms. The molecule has 0 radical (unpaired) electrons. The zero-order valence-corrected chi connectivity index (χ0v) is 21.1. The molecule has 0 aliphatic carbocycles. The Morgan fingerprint density at radius 3 is 1.63 bits per heavy atom. The number of aromatic nitrogens is 6. The van der Waals surface area contributed by atoms with Crippen molar-refractivity contribution in [3.8, 4) is 17.1 Å². The van der Waals surface area contributed by atoms with Gasteiger partial charge in [0.2, 0.25) is 0 Å². The van der Waals surface area contributed by atoms with Gasteiger partial charge in [-0.3, -0.25) is 0 Å². The Kier molecular flexibility index (Phi) is 7.49. The van der Waals surface area contributed by atoms with Crippen molar-refractivity contribution in [2.24, 2.45) is 0 Å². The van der Waals surface area contributed by atoms with Crippen LogP contribution in [0.15, 0.2) is 94.5 Å². The molecule has 5 rings (SSSR count). The van der Waals surface area contributed by atoms with E-state index >= 15 is 0 Å². The third kappa shape index (κ3) is 5.44. The second-order valence-electron chi connectivity index (χ2n) is 8.65. The molecule has 5 aromatic rings. The average Bonchev–Trinajstić information content (AvgIpc) is 3.52. The van der Waals surface area contributed by atoms with E-state index < -0.39 is 0 Å². The van der Waals surface area contributed by atoms with Crippen LogP contribution in [0.1, 0.15) is 18.6 Å². The van der Waals surface area contributed by atoms with Gasteiger partial charge in [0.1, 0.15) is 17.4 Å². The third-order valence-electron chi connectivity index (χ3n) is 6.24. The van der Waals surface area contributed by atoms with Crippen molar-refractivity contribution in [1.29, 1.82) is 0 Å². The Morgan fingerprint density at radius 1 is 0.711 bits per heavy atom. The number of aromatic amines is 2. The van der Waals surface area contributed by atoms with Crippen LogP contribution in [0.5, 0.6) is 5.75 Å². The average molecular weight is 512 g/mol. The van der Waals surface area contributed by atoms with Crippen LogP contribution in [-0.2, 0) is 12.8 Å². The lowest BCUT2D eigenvalue weighted by Gasteiger charge is -2.25. The van der Waals surface area contributed by atoms with Gasteiger partial charge in [0.25, 0.3) is 0 Å². The van der Waals surface area contributed by atoms with Gasteiger partial charge in [-0.25, -0.2) is 28.9 Å². The molecule has 0 fully saturated rings. The minimum atomic E-state index is -0.276. The van der Waals surface area contributed by atoms with Crippen molar-refractivity contribution in [2.45, 2.75) is 19.8 Å². The summed E-state index contributed by atoms with van der Waals surface area (Å²) in [5, 5.41) is 13.7. The maximum Gasteiger partial charge on any atom is 0.347 e. The van der Waals surface area contributed by atoms with Crippen LogP contribution in [0.2, 0.25) is 0 Å². The Morgan fingerprint density at radius 2 is 1.18 bits per heavy atom. The van der Waals surface area contributed by atoms with E-state index in [2.05, 4.69) is 25.3 Å². The molecular weight excluding hydrogens is 482 g/mol. The number of para-hydroxylation sites is 2. The summed E-state index contributed by atoms with van der Waals surface area (Å²) in [6, 6.07) is 26.8. The van der Waals surface area contributed by atoms with E-state index in [1.54, 1.807) is 9.13 Å². The van der Waals surface area contributed by atoms with Gasteiger partial charge < -0.3 is 9.64 Å². The topological polar surface area (TPSA) is 114 Å². The Bertz CT molecular complexity index is 1470. The van der Waals surface area contributed by atoms with Gasteiger partial charge in [0, 0.05) is 31.6 Å². The fourth-order valence-electron chi connectivity index (χ4n) is 4.44. The summed E-state index contributed by atoms with van der Waals surface area (Å²) in [6.45, 7) is 3.72. The third-order valence-corrected chi connectivity index (χ3v) is 6.24. The zero-order chi connectivity index (χ0) is 26.3. The highest BCUT2D eigenvalue weighted by Crippen LogP contribution is 2.21. The number of H-pyrrole nitrogens is 2. The second kappa shape index (κ2) is 11.5. The van der Waals surface area contributed by atoms with E-state index in [4.69, 9.17) is 4.74 Å². The molecule has 0 aliphatic rings. The fraction of sp³-hybridized carbons (Fsp3) is 0.214. The molecular formula is C28H29N7O3. The summed E-state index contributed by atoms with van der Waals surface area (Å²) in [7, 11) is 0. The number of ether oxygens (including phenoxy) is 1. The molecule has 194 valence electrons. The molecule has 2 aromatic heterocycles. The van der Waals surface area contributed by atoms with E-state index in [1.807, 2.05) is 91.9 Å². The minimum absolute atomic E-state index is 0.276. The van der Waals surface area contributed by atoms with E-state index in [0.29, 0.717) is 44.2 Å². The summed E-state index contributed by atoms with van der Waals surface area (Å²) in [6.07, 6.45) is 1.04. The van der Waals surface area contributed by atoms with Gasteiger partial charge in [-0.05, 0) is 55.5 Å². The molecule has 0 aliphatic heterocycles. The Balaban J connectivity index is 1.40. The molecule has 10 nitrogen and oxygen atoms in total. The van der Waals surface area contributed by atoms with Crippen molar-refractivity contribution in [3.05, 3.63) is 118 Å². The molecule has 0 bridgehead atoms. The Hall–Kier alpha value is -4.86. The van der Waals surface area contributed by atoms with Gasteiger partial charge in [-0.15, -0.1) is 0 Å². The molecule has 0 amide bonds. The van der Waals surface area contributed by atoms with Crippen LogP contribution in [0.25, 0.3) is 11.4 Å². The normalized spacial score (nSPS) is 11.0. The van der Waals surface area contributed by atoms with Gasteiger partial charge in [-0.1, -0.05) is 36.4 Å². The highest BCUT2D eigenvalue weighted by atomic mass is 16.5. The summed E-state index contributed by atoms with van der Waals surface area (Å²) in [4.78, 5) is 27.2. The quantitative estimate of drug-likeness (QED) is 0.282. The van der Waals surface area contributed by atoms with Crippen molar-refractivity contribution in [2.75, 3.05) is 24.6 Å². The number of rotatable bonds is 11. The number of nitrogens with one attached hydrogen (secondary N) is 2. The zero-order valence-electron chi connectivity index (χ0n) is 21.1. The van der Waals surface area contributed by atoms with Crippen molar-refractivity contribution in [3.63, 3.8) is 0 Å². The highest BCUT2D eigenvalue weighted by Gasteiger charge is 2.16. The summed E-state index contributed by atoms with van der Waals surface area (Å²) >= 11 is 0. The first-order chi connectivity index (χ1) is 18.6. The first-order valence-electron chi connectivity index (χ1n) is 12.6. The monoisotopic (exact) mass is 511 g/mol. The summed E-state index contributed by atoms with van der Waals surface area (Å²) in [5.41, 5.74) is 1.96. The molecule has 0 atom stereocenters. The second-order valence-corrected chi connectivity index (χ2v) is 8.65. The van der Waals surface area contributed by atoms with E-state index in [1.165, 1.54) is 0 Å². The van der Waals surface area contributed by atoms with Crippen LogP contribution in [0.4, 0.5) is 5.69 Å². The van der Waals surface area contributed by atoms with Crippen molar-refractivity contribution >= 4 is 5.69 Å². The molecule has 0 saturated carbocycles. The molecule has 38 heavy (non-hydrogen) atoms. The number of nitrogens with zero attached hydrogens (tertiary/aromatic N) is 5. The molecule has 0 spiro atoms. The highest BCUT2D eigenvalue weighted by molar-refractivity contribution is 5.49. The van der Waals surface area contributed by atoms with Gasteiger partial charge in [0.15, 0.2) is 0 Å². The van der Waals surface area contributed by atoms with Crippen molar-refractivity contribution < 1.29 is 4.74 Å². The molecule has 2 N–H and O–H groups in total. The SMILES string of the molecule is CCOc1ccc(N(CCc2n[nH]c(=O)n2-c2ccccc2)CCc2n[nH]c(=O)n2-c2ccccc2)cc1. The lowest BCUT2D eigenvalue weighted by molar-refractivity contribution is 0.340. The number of anilines is 1. The molecule has 0 unspecified atom stereocenters. The molecule has 0 saturated heterocycles. The van der Waals surface area contributed by atoms with Gasteiger partial charge in [0.05, 0.1) is 18.0 Å². The van der Waals surface area contributed by atoms with Gasteiger partial charge >= 0.3 is 11.4 Å². The van der Waals surface area contributed by atoms with Gasteiger partial charge in [-0.2, -0.15) is 10.2 Å². The standard InChI is InChI=1S/C28H29N7O3/c1-2-38-24-15-13-21(14-16-24)33(19-17-25-29-31-27(36)34(25)22-9-5-3-6-10-22)20-18-26-30-32-28(37)35(26)23-11-7-4-8-12-23/h3-16H,2,17-20H2,1H3,(H,31,36)(H,32,37). The largest absolute Gasteiger partial charge is 0.494 e. The molecule has 3 aromatic carbocycles. The number of hydrogen-bond acceptors (Lipinski definition) is 6. The van der Waals surface area contributed by atoms with E-state index in [9.17, 15) is 9.59 Å². The summed E-state index contributed by atoms with van der Waals surface area (Å²) in [5.74, 6) is 2.07. The summed E-state index contributed by atoms with van der Waals surface area (Å²) < 4.78 is 8.80. The first kappa shape index (κ1) is 24.8. The lowest BCUT2D eigenvalue weighted by Crippen LogP contribution is -2.30. The van der Waals surface area contributed by atoms with Crippen molar-refractivity contribution in [1.82, 2.24) is 29.5 Å². The lowest BCUT2D eigenvalue weighted by atomic mass is 10.2. The van der Waals surface area contributed by atoms with E-state index in [0.717, 1.165) is 22.8 Å². The van der Waals surface area contributed by atoms with Crippen LogP contribution >= 0.6 is 0 Å². The maximum atomic E-state index is 12.5. The fourth-order valence-corrected chi connectivity index (χ4v) is 4.44. The first-order valence-corrected chi connectivity index (χ1v) is 12.6. The van der Waals surface area contributed by atoms with Crippen LogP contribution in [0.3, 0.4) is 0 Å². The predicted octanol–water partition coefficient (Wildman–Crippen LogP) is 3.13. The number of hydrogen-bond donors (Lipinski definition) is 2. The predicted molar refractivity (Wildman–Crippen MR) is 146 cm³/mol. The van der Waals surface area contributed by atoms with Crippen LogP contribution in [0, 0.1) is 0 Å². The Labute approximate surface area is 219 Å². The maximum absolute atomic E-state index is 12.5. The van der Waals surface area contributed by atoms with E-state index in [-0.39, 0.29) is 11.4 Å².